The van der Waals surface area contributed by atoms with Gasteiger partial charge in [0, 0.05) is 16.9 Å². The Morgan fingerprint density at radius 3 is 2.14 bits per heavy atom. The molecule has 4 atom stereocenters. The maximum atomic E-state index is 13.7. The maximum absolute atomic E-state index is 13.7. The number of fused-ring (bicyclic) bond motifs is 1. The number of aliphatic carboxylic acids is 2. The van der Waals surface area contributed by atoms with Crippen molar-refractivity contribution in [3.05, 3.63) is 71.5 Å². The molecule has 36 heavy (non-hydrogen) atoms. The van der Waals surface area contributed by atoms with Crippen LogP contribution in [-0.4, -0.2) is 44.4 Å². The van der Waals surface area contributed by atoms with Gasteiger partial charge in [0.2, 0.25) is 5.54 Å². The smallest absolute Gasteiger partial charge is 0.416 e. The first-order valence-corrected chi connectivity index (χ1v) is 10.6. The average molecular weight is 504 g/mol. The van der Waals surface area contributed by atoms with Crippen LogP contribution in [0, 0.1) is 11.8 Å². The Morgan fingerprint density at radius 1 is 1.03 bits per heavy atom. The van der Waals surface area contributed by atoms with Gasteiger partial charge in [0.25, 0.3) is 11.8 Å². The van der Waals surface area contributed by atoms with Crippen LogP contribution >= 0.6 is 0 Å². The number of likely N-dealkylation sites (tertiary alicyclic amines) is 1. The van der Waals surface area contributed by atoms with Gasteiger partial charge >= 0.3 is 18.1 Å². The molecule has 1 fully saturated rings. The first-order valence-electron chi connectivity index (χ1n) is 10.6. The fraction of sp³-hybridized carbons (Fsp3) is 0.250. The number of carbonyl (C=O) groups excluding carboxylic acids is 2. The third-order valence-electron chi connectivity index (χ3n) is 6.60. The van der Waals surface area contributed by atoms with Crippen molar-refractivity contribution >= 4 is 34.7 Å². The van der Waals surface area contributed by atoms with Crippen molar-refractivity contribution in [3.8, 4) is 0 Å². The summed E-state index contributed by atoms with van der Waals surface area (Å²) in [7, 11) is 0. The van der Waals surface area contributed by atoms with E-state index in [2.05, 4.69) is 0 Å². The molecule has 2 amide bonds. The zero-order valence-electron chi connectivity index (χ0n) is 18.5. The number of carboxylic acids is 2. The topological polar surface area (TPSA) is 151 Å². The fourth-order valence-electron chi connectivity index (χ4n) is 4.91. The molecule has 0 aliphatic carbocycles. The number of para-hydroxylation sites is 1. The predicted molar refractivity (Wildman–Crippen MR) is 116 cm³/mol. The molecular formula is C24H19F3N2O7. The number of hydrogen-bond acceptors (Lipinski definition) is 5. The van der Waals surface area contributed by atoms with Crippen LogP contribution in [0.1, 0.15) is 34.6 Å². The highest BCUT2D eigenvalue weighted by Gasteiger charge is 2.69. The summed E-state index contributed by atoms with van der Waals surface area (Å²) in [5, 5.41) is 20.7. The highest BCUT2D eigenvalue weighted by atomic mass is 19.4. The third kappa shape index (κ3) is 3.56. The van der Waals surface area contributed by atoms with E-state index in [1.807, 2.05) is 0 Å². The second kappa shape index (κ2) is 8.40. The van der Waals surface area contributed by atoms with Gasteiger partial charge in [0.15, 0.2) is 0 Å². The lowest BCUT2D eigenvalue weighted by molar-refractivity contribution is -0.157. The second-order valence-corrected chi connectivity index (χ2v) is 8.47. The molecule has 4 unspecified atom stereocenters. The lowest BCUT2D eigenvalue weighted by Gasteiger charge is -2.36. The van der Waals surface area contributed by atoms with Crippen molar-refractivity contribution in [1.82, 2.24) is 4.90 Å². The number of rotatable bonds is 5. The lowest BCUT2D eigenvalue weighted by atomic mass is 9.79. The van der Waals surface area contributed by atoms with Gasteiger partial charge in [-0.1, -0.05) is 25.1 Å². The van der Waals surface area contributed by atoms with E-state index in [1.165, 1.54) is 6.07 Å². The van der Waals surface area contributed by atoms with Crippen LogP contribution in [0.5, 0.6) is 0 Å². The Hall–Kier alpha value is -4.35. The van der Waals surface area contributed by atoms with E-state index < -0.39 is 64.5 Å². The molecule has 4 rings (SSSR count). The number of primary amides is 1. The zero-order valence-corrected chi connectivity index (χ0v) is 18.5. The van der Waals surface area contributed by atoms with Crippen molar-refractivity contribution in [3.63, 3.8) is 0 Å². The molecule has 1 saturated heterocycles. The van der Waals surface area contributed by atoms with Crippen LogP contribution in [0.2, 0.25) is 0 Å². The third-order valence-corrected chi connectivity index (χ3v) is 6.60. The second-order valence-electron chi connectivity index (χ2n) is 8.47. The minimum Gasteiger partial charge on any atom is -0.481 e. The summed E-state index contributed by atoms with van der Waals surface area (Å²) in [6, 6.07) is 9.15. The monoisotopic (exact) mass is 504 g/mol. The molecule has 1 aliphatic heterocycles. The summed E-state index contributed by atoms with van der Waals surface area (Å²) < 4.78 is 44.8. The van der Waals surface area contributed by atoms with Gasteiger partial charge in [0.05, 0.1) is 11.5 Å². The Morgan fingerprint density at radius 2 is 1.64 bits per heavy atom. The number of furan rings is 1. The van der Waals surface area contributed by atoms with Gasteiger partial charge in [-0.25, -0.2) is 4.79 Å². The number of benzene rings is 2. The van der Waals surface area contributed by atoms with E-state index in [0.717, 1.165) is 19.1 Å². The first kappa shape index (κ1) is 24.8. The van der Waals surface area contributed by atoms with E-state index in [0.29, 0.717) is 28.0 Å². The zero-order chi connectivity index (χ0) is 26.6. The van der Waals surface area contributed by atoms with Crippen LogP contribution in [0.4, 0.5) is 13.2 Å². The van der Waals surface area contributed by atoms with Crippen LogP contribution < -0.4 is 5.73 Å². The highest BCUT2D eigenvalue weighted by molar-refractivity contribution is 6.12. The lowest BCUT2D eigenvalue weighted by Crippen LogP contribution is -2.64. The minimum atomic E-state index is -4.70. The highest BCUT2D eigenvalue weighted by Crippen LogP contribution is 2.52. The molecule has 12 heteroatoms. The van der Waals surface area contributed by atoms with Crippen LogP contribution in [0.25, 0.3) is 11.0 Å². The Bertz CT molecular complexity index is 1330. The normalized spacial score (nSPS) is 24.1. The minimum absolute atomic E-state index is 0.125. The molecule has 188 valence electrons. The van der Waals surface area contributed by atoms with E-state index in [1.54, 1.807) is 24.3 Å². The molecule has 9 nitrogen and oxygen atoms in total. The van der Waals surface area contributed by atoms with Gasteiger partial charge in [0.1, 0.15) is 17.4 Å². The number of halogens is 3. The number of nitrogens with two attached hydrogens (primary N) is 1. The van der Waals surface area contributed by atoms with Gasteiger partial charge in [-0.15, -0.1) is 0 Å². The molecule has 2 aromatic carbocycles. The van der Waals surface area contributed by atoms with Crippen LogP contribution in [-0.2, 0) is 20.6 Å². The average Bonchev–Trinajstić information content (AvgIpc) is 3.34. The summed E-state index contributed by atoms with van der Waals surface area (Å²) in [5.74, 6) is -9.44. The summed E-state index contributed by atoms with van der Waals surface area (Å²) in [6.07, 6.45) is -4.70. The molecule has 0 bridgehead atoms. The van der Waals surface area contributed by atoms with Crippen molar-refractivity contribution in [2.45, 2.75) is 24.7 Å². The van der Waals surface area contributed by atoms with Crippen LogP contribution in [0.15, 0.2) is 59.0 Å². The van der Waals surface area contributed by atoms with Crippen molar-refractivity contribution in [1.29, 1.82) is 0 Å². The van der Waals surface area contributed by atoms with Crippen molar-refractivity contribution in [2.24, 2.45) is 17.6 Å². The van der Waals surface area contributed by atoms with Gasteiger partial charge < -0.3 is 25.3 Å². The van der Waals surface area contributed by atoms with Crippen molar-refractivity contribution in [2.75, 3.05) is 0 Å². The molecule has 3 aromatic rings. The molecule has 0 spiro atoms. The number of amides is 2. The van der Waals surface area contributed by atoms with E-state index in [-0.39, 0.29) is 5.76 Å². The summed E-state index contributed by atoms with van der Waals surface area (Å²) in [5.41, 5.74) is 1.49. The molecule has 0 radical (unpaired) electrons. The summed E-state index contributed by atoms with van der Waals surface area (Å²) >= 11 is 0. The SMILES string of the molecule is CC1C(C(=O)O)C(c2cc3ccccc3o2)N(C(=O)c2ccc(C(F)(F)F)cc2)C1(C(N)=O)C(=O)O. The van der Waals surface area contributed by atoms with Gasteiger partial charge in [-0.3, -0.25) is 14.4 Å². The molecule has 4 N–H and O–H groups in total. The number of nitrogens with zero attached hydrogens (tertiary/aromatic N) is 1. The number of carboxylic acid groups (broad SMARTS) is 2. The maximum Gasteiger partial charge on any atom is 0.416 e. The standard InChI is InChI=1S/C24H19F3N2O7/c1-11-17(20(31)32)18(16-10-13-4-2-3-5-15(13)36-16)29(23(11,21(28)33)22(34)35)19(30)12-6-8-14(9-7-12)24(25,26)27/h2-11,17-18H,1H3,(H2,28,33)(H,31,32)(H,34,35). The van der Waals surface area contributed by atoms with E-state index >= 15 is 0 Å². The first-order chi connectivity index (χ1) is 16.8. The summed E-state index contributed by atoms with van der Waals surface area (Å²) in [4.78, 5) is 51.8. The quantitative estimate of drug-likeness (QED) is 0.451. The van der Waals surface area contributed by atoms with Gasteiger partial charge in [-0.2, -0.15) is 13.2 Å². The largest absolute Gasteiger partial charge is 0.481 e. The van der Waals surface area contributed by atoms with Crippen molar-refractivity contribution < 1.29 is 47.0 Å². The molecule has 1 aliphatic rings. The number of hydrogen-bond donors (Lipinski definition) is 3. The van der Waals surface area contributed by atoms with Crippen LogP contribution in [0.3, 0.4) is 0 Å². The number of alkyl halides is 3. The Labute approximate surface area is 200 Å². The van der Waals surface area contributed by atoms with Gasteiger partial charge in [-0.05, 0) is 36.4 Å². The Balaban J connectivity index is 1.97. The molecule has 1 aromatic heterocycles. The Kier molecular flexibility index (Phi) is 5.78. The number of carbonyl (C=O) groups is 4. The van der Waals surface area contributed by atoms with E-state index in [9.17, 15) is 42.6 Å². The fourth-order valence-corrected chi connectivity index (χ4v) is 4.91. The predicted octanol–water partition coefficient (Wildman–Crippen LogP) is 3.29. The molecule has 0 saturated carbocycles. The molecular weight excluding hydrogens is 485 g/mol. The summed E-state index contributed by atoms with van der Waals surface area (Å²) in [6.45, 7) is 1.16. The van der Waals surface area contributed by atoms with E-state index in [4.69, 9.17) is 10.2 Å². The molecule has 2 heterocycles.